The zero-order valence-corrected chi connectivity index (χ0v) is 5.63. The predicted molar refractivity (Wildman–Crippen MR) is 31.7 cm³/mol. The second kappa shape index (κ2) is 2.77. The molecule has 0 fully saturated rings. The van der Waals surface area contributed by atoms with E-state index in [1.54, 1.807) is 0 Å². The van der Waals surface area contributed by atoms with Crippen molar-refractivity contribution in [2.75, 3.05) is 0 Å². The molecule has 0 saturated carbocycles. The van der Waals surface area contributed by atoms with Crippen molar-refractivity contribution in [3.63, 3.8) is 0 Å². The summed E-state index contributed by atoms with van der Waals surface area (Å²) in [6, 6.07) is 2.09. The molecule has 1 heterocycles. The van der Waals surface area contributed by atoms with E-state index >= 15 is 0 Å². The summed E-state index contributed by atoms with van der Waals surface area (Å²) < 4.78 is 35.7. The van der Waals surface area contributed by atoms with Crippen LogP contribution in [-0.2, 0) is 6.18 Å². The SMILES string of the molecule is N#Cc1cc(C(F)(F)F)ncn1. The number of nitriles is 1. The highest BCUT2D eigenvalue weighted by Crippen LogP contribution is 2.26. The highest BCUT2D eigenvalue weighted by atomic mass is 19.4. The first-order valence-electron chi connectivity index (χ1n) is 2.83. The molecule has 1 aromatic rings. The molecule has 0 aliphatic carbocycles. The number of hydrogen-bond donors (Lipinski definition) is 0. The lowest BCUT2D eigenvalue weighted by molar-refractivity contribution is -0.141. The van der Waals surface area contributed by atoms with Crippen LogP contribution in [0.5, 0.6) is 0 Å². The average molecular weight is 173 g/mol. The third-order valence-electron chi connectivity index (χ3n) is 1.07. The molecule has 12 heavy (non-hydrogen) atoms. The molecule has 1 rings (SSSR count). The Kier molecular flexibility index (Phi) is 1.95. The maximum atomic E-state index is 11.9. The van der Waals surface area contributed by atoms with E-state index in [1.165, 1.54) is 6.07 Å². The molecule has 3 nitrogen and oxygen atoms in total. The number of hydrogen-bond acceptors (Lipinski definition) is 3. The molecule has 1 aromatic heterocycles. The van der Waals surface area contributed by atoms with Crippen molar-refractivity contribution in [1.29, 1.82) is 5.26 Å². The van der Waals surface area contributed by atoms with Crippen molar-refractivity contribution in [2.45, 2.75) is 6.18 Å². The topological polar surface area (TPSA) is 49.6 Å². The van der Waals surface area contributed by atoms with Crippen LogP contribution >= 0.6 is 0 Å². The fourth-order valence-electron chi connectivity index (χ4n) is 0.573. The van der Waals surface area contributed by atoms with Crippen LogP contribution in [0.1, 0.15) is 11.4 Å². The molecule has 0 spiro atoms. The fourth-order valence-corrected chi connectivity index (χ4v) is 0.573. The molecule has 0 radical (unpaired) electrons. The Balaban J connectivity index is 3.13. The van der Waals surface area contributed by atoms with Gasteiger partial charge < -0.3 is 0 Å². The minimum Gasteiger partial charge on any atom is -0.232 e. The van der Waals surface area contributed by atoms with Crippen LogP contribution < -0.4 is 0 Å². The summed E-state index contributed by atoms with van der Waals surface area (Å²) in [5.41, 5.74) is -1.40. The van der Waals surface area contributed by atoms with Crippen molar-refractivity contribution in [2.24, 2.45) is 0 Å². The summed E-state index contributed by atoms with van der Waals surface area (Å²) in [5, 5.41) is 8.22. The fraction of sp³-hybridized carbons (Fsp3) is 0.167. The molecule has 6 heteroatoms. The quantitative estimate of drug-likeness (QED) is 0.595. The smallest absolute Gasteiger partial charge is 0.232 e. The van der Waals surface area contributed by atoms with Crippen LogP contribution in [0.4, 0.5) is 13.2 Å². The van der Waals surface area contributed by atoms with Crippen LogP contribution in [0.25, 0.3) is 0 Å². The van der Waals surface area contributed by atoms with Gasteiger partial charge in [-0.05, 0) is 0 Å². The van der Waals surface area contributed by atoms with Gasteiger partial charge in [-0.15, -0.1) is 0 Å². The van der Waals surface area contributed by atoms with E-state index in [0.29, 0.717) is 12.4 Å². The van der Waals surface area contributed by atoms with Gasteiger partial charge in [0.2, 0.25) is 0 Å². The zero-order chi connectivity index (χ0) is 9.19. The average Bonchev–Trinajstić information content (AvgIpc) is 2.03. The number of nitrogens with zero attached hydrogens (tertiary/aromatic N) is 3. The van der Waals surface area contributed by atoms with Crippen molar-refractivity contribution in [3.8, 4) is 6.07 Å². The summed E-state index contributed by atoms with van der Waals surface area (Å²) in [7, 11) is 0. The first-order chi connectivity index (χ1) is 5.54. The van der Waals surface area contributed by atoms with Gasteiger partial charge in [-0.1, -0.05) is 0 Å². The summed E-state index contributed by atoms with van der Waals surface area (Å²) in [6.07, 6.45) is -3.81. The molecule has 0 aliphatic rings. The number of rotatable bonds is 0. The van der Waals surface area contributed by atoms with E-state index < -0.39 is 11.9 Å². The van der Waals surface area contributed by atoms with Gasteiger partial charge in [0.15, 0.2) is 0 Å². The molecule has 0 atom stereocenters. The van der Waals surface area contributed by atoms with Gasteiger partial charge >= 0.3 is 6.18 Å². The van der Waals surface area contributed by atoms with Gasteiger partial charge in [0.25, 0.3) is 0 Å². The van der Waals surface area contributed by atoms with Crippen LogP contribution in [0.15, 0.2) is 12.4 Å². The van der Waals surface area contributed by atoms with E-state index in [2.05, 4.69) is 9.97 Å². The number of halogens is 3. The van der Waals surface area contributed by atoms with Gasteiger partial charge in [-0.2, -0.15) is 18.4 Å². The van der Waals surface area contributed by atoms with Crippen LogP contribution in [-0.4, -0.2) is 9.97 Å². The first-order valence-corrected chi connectivity index (χ1v) is 2.83. The third kappa shape index (κ3) is 1.69. The molecular weight excluding hydrogens is 171 g/mol. The van der Waals surface area contributed by atoms with Gasteiger partial charge in [-0.3, -0.25) is 0 Å². The maximum absolute atomic E-state index is 11.9. The van der Waals surface area contributed by atoms with Crippen molar-refractivity contribution >= 4 is 0 Å². The van der Waals surface area contributed by atoms with Crippen LogP contribution in [0.2, 0.25) is 0 Å². The monoisotopic (exact) mass is 173 g/mol. The second-order valence-electron chi connectivity index (χ2n) is 1.90. The standard InChI is InChI=1S/C6H2F3N3/c7-6(8,9)5-1-4(2-10)11-3-12-5/h1,3H. The summed E-state index contributed by atoms with van der Waals surface area (Å²) in [6.45, 7) is 0. The minimum atomic E-state index is -4.52. The highest BCUT2D eigenvalue weighted by Gasteiger charge is 2.32. The van der Waals surface area contributed by atoms with E-state index in [0.717, 1.165) is 0 Å². The van der Waals surface area contributed by atoms with Gasteiger partial charge in [0.1, 0.15) is 23.8 Å². The lowest BCUT2D eigenvalue weighted by atomic mass is 10.3. The largest absolute Gasteiger partial charge is 0.433 e. The normalized spacial score (nSPS) is 10.8. The Hall–Kier alpha value is -1.64. The van der Waals surface area contributed by atoms with Gasteiger partial charge in [-0.25, -0.2) is 9.97 Å². The Labute approximate surface area is 65.5 Å². The molecule has 0 unspecified atom stereocenters. The second-order valence-corrected chi connectivity index (χ2v) is 1.90. The highest BCUT2D eigenvalue weighted by molar-refractivity contribution is 5.22. The third-order valence-corrected chi connectivity index (χ3v) is 1.07. The molecule has 0 amide bonds. The van der Waals surface area contributed by atoms with Crippen molar-refractivity contribution in [1.82, 2.24) is 9.97 Å². The summed E-state index contributed by atoms with van der Waals surface area (Å²) in [4.78, 5) is 6.27. The Morgan fingerprint density at radius 3 is 2.50 bits per heavy atom. The zero-order valence-electron chi connectivity index (χ0n) is 5.63. The Bertz CT molecular complexity index is 326. The van der Waals surface area contributed by atoms with Crippen molar-refractivity contribution < 1.29 is 13.2 Å². The van der Waals surface area contributed by atoms with E-state index in [4.69, 9.17) is 5.26 Å². The number of aromatic nitrogens is 2. The minimum absolute atomic E-state index is 0.294. The molecule has 0 saturated heterocycles. The van der Waals surface area contributed by atoms with E-state index in [9.17, 15) is 13.2 Å². The molecule has 62 valence electrons. The summed E-state index contributed by atoms with van der Waals surface area (Å²) in [5.74, 6) is 0. The molecule has 0 N–H and O–H groups in total. The van der Waals surface area contributed by atoms with E-state index in [-0.39, 0.29) is 5.69 Å². The summed E-state index contributed by atoms with van der Waals surface area (Å²) >= 11 is 0. The Morgan fingerprint density at radius 1 is 1.33 bits per heavy atom. The molecule has 0 aromatic carbocycles. The first kappa shape index (κ1) is 8.46. The van der Waals surface area contributed by atoms with E-state index in [1.807, 2.05) is 0 Å². The lowest BCUT2D eigenvalue weighted by Crippen LogP contribution is -2.08. The Morgan fingerprint density at radius 2 is 2.00 bits per heavy atom. The molecule has 0 bridgehead atoms. The van der Waals surface area contributed by atoms with Crippen LogP contribution in [0, 0.1) is 11.3 Å². The van der Waals surface area contributed by atoms with Crippen LogP contribution in [0.3, 0.4) is 0 Å². The maximum Gasteiger partial charge on any atom is 0.433 e. The predicted octanol–water partition coefficient (Wildman–Crippen LogP) is 1.37. The molecule has 0 aliphatic heterocycles. The number of alkyl halides is 3. The molecular formula is C6H2F3N3. The lowest BCUT2D eigenvalue weighted by Gasteiger charge is -2.03. The van der Waals surface area contributed by atoms with Crippen molar-refractivity contribution in [3.05, 3.63) is 23.8 Å². The van der Waals surface area contributed by atoms with Gasteiger partial charge in [0, 0.05) is 6.07 Å². The van der Waals surface area contributed by atoms with Gasteiger partial charge in [0.05, 0.1) is 0 Å².